The Morgan fingerprint density at radius 1 is 1.00 bits per heavy atom. The molecule has 4 aromatic rings. The maximum Gasteiger partial charge on any atom is 0.322 e. The minimum atomic E-state index is -0.701. The number of rotatable bonds is 4. The van der Waals surface area contributed by atoms with Gasteiger partial charge in [-0.3, -0.25) is 0 Å². The van der Waals surface area contributed by atoms with Gasteiger partial charge in [-0.2, -0.15) is 0 Å². The van der Waals surface area contributed by atoms with Gasteiger partial charge in [-0.05, 0) is 30.3 Å². The van der Waals surface area contributed by atoms with Crippen LogP contribution in [0.15, 0.2) is 61.3 Å². The van der Waals surface area contributed by atoms with Crippen LogP contribution in [0.5, 0.6) is 11.5 Å². The average molecular weight is 450 g/mol. The Kier molecular flexibility index (Phi) is 5.47. The number of aromatic amines is 1. The predicted molar refractivity (Wildman–Crippen MR) is 120 cm³/mol. The van der Waals surface area contributed by atoms with Crippen LogP contribution < -0.4 is 15.0 Å². The van der Waals surface area contributed by atoms with Crippen molar-refractivity contribution in [3.63, 3.8) is 0 Å². The summed E-state index contributed by atoms with van der Waals surface area (Å²) in [4.78, 5) is 27.1. The molecule has 5 rings (SSSR count). The Labute approximate surface area is 187 Å². The summed E-state index contributed by atoms with van der Waals surface area (Å²) in [5.74, 6) is -0.159. The Bertz CT molecular complexity index is 1270. The van der Waals surface area contributed by atoms with Gasteiger partial charge in [0.05, 0.1) is 23.6 Å². The van der Waals surface area contributed by atoms with Crippen LogP contribution in [0.2, 0.25) is 0 Å². The topological polar surface area (TPSA) is 86.4 Å². The van der Waals surface area contributed by atoms with Gasteiger partial charge in [-0.15, -0.1) is 0 Å². The summed E-state index contributed by atoms with van der Waals surface area (Å²) in [5.41, 5.74) is 1.52. The zero-order chi connectivity index (χ0) is 22.8. The molecule has 0 radical (unpaired) electrons. The Morgan fingerprint density at radius 2 is 1.73 bits per heavy atom. The number of amides is 2. The van der Waals surface area contributed by atoms with Crippen LogP contribution in [0.3, 0.4) is 0 Å². The quantitative estimate of drug-likeness (QED) is 0.482. The SMILES string of the molecule is O=C(Nc1c[nH]c2c(F)cc(F)cc12)N1CCN(c2ccc(Oc3cncnc3)cc2)CC1. The second-order valence-corrected chi connectivity index (χ2v) is 7.59. The number of H-pyrrole nitrogens is 1. The Hall–Kier alpha value is -4.21. The molecule has 0 bridgehead atoms. The van der Waals surface area contributed by atoms with E-state index in [-0.39, 0.29) is 11.5 Å². The molecule has 1 saturated heterocycles. The molecule has 2 aromatic carbocycles. The number of carbonyl (C=O) groups excluding carboxylic acids is 1. The van der Waals surface area contributed by atoms with Crippen LogP contribution in [-0.2, 0) is 0 Å². The first-order valence-corrected chi connectivity index (χ1v) is 10.4. The van der Waals surface area contributed by atoms with Crippen LogP contribution in [0, 0.1) is 11.6 Å². The average Bonchev–Trinajstić information content (AvgIpc) is 3.23. The van der Waals surface area contributed by atoms with Crippen molar-refractivity contribution in [2.75, 3.05) is 36.4 Å². The van der Waals surface area contributed by atoms with Gasteiger partial charge in [0, 0.05) is 49.5 Å². The number of aromatic nitrogens is 3. The second-order valence-electron chi connectivity index (χ2n) is 7.59. The molecule has 2 aromatic heterocycles. The number of nitrogens with one attached hydrogen (secondary N) is 2. The first-order valence-electron chi connectivity index (χ1n) is 10.4. The summed E-state index contributed by atoms with van der Waals surface area (Å²) in [6.07, 6.45) is 6.09. The van der Waals surface area contributed by atoms with Crippen LogP contribution in [0.25, 0.3) is 10.9 Å². The minimum absolute atomic E-state index is 0.156. The fraction of sp³-hybridized carbons (Fsp3) is 0.174. The highest BCUT2D eigenvalue weighted by molar-refractivity contribution is 6.01. The number of fused-ring (bicyclic) bond motifs is 1. The van der Waals surface area contributed by atoms with Crippen molar-refractivity contribution in [3.8, 4) is 11.5 Å². The summed E-state index contributed by atoms with van der Waals surface area (Å²) in [7, 11) is 0. The maximum atomic E-state index is 13.9. The number of piperazine rings is 1. The predicted octanol–water partition coefficient (Wildman–Crippen LogP) is 4.38. The third-order valence-corrected chi connectivity index (χ3v) is 5.49. The van der Waals surface area contributed by atoms with Crippen molar-refractivity contribution < 1.29 is 18.3 Å². The maximum absolute atomic E-state index is 13.9. The molecular formula is C23H20F2N6O2. The van der Waals surface area contributed by atoms with Crippen LogP contribution in [0.1, 0.15) is 0 Å². The summed E-state index contributed by atoms with van der Waals surface area (Å²) >= 11 is 0. The molecule has 10 heteroatoms. The first kappa shape index (κ1) is 20.7. The molecule has 0 saturated carbocycles. The van der Waals surface area contributed by atoms with Crippen molar-refractivity contribution in [2.45, 2.75) is 0 Å². The highest BCUT2D eigenvalue weighted by atomic mass is 19.1. The molecule has 2 N–H and O–H groups in total. The van der Waals surface area contributed by atoms with Crippen LogP contribution in [-0.4, -0.2) is 52.1 Å². The normalized spacial score (nSPS) is 13.9. The van der Waals surface area contributed by atoms with Crippen molar-refractivity contribution >= 4 is 28.3 Å². The third-order valence-electron chi connectivity index (χ3n) is 5.49. The van der Waals surface area contributed by atoms with E-state index in [1.807, 2.05) is 24.3 Å². The molecule has 168 valence electrons. The third kappa shape index (κ3) is 4.40. The second kappa shape index (κ2) is 8.73. The molecule has 0 unspecified atom stereocenters. The number of hydrogen-bond acceptors (Lipinski definition) is 5. The molecule has 0 aliphatic carbocycles. The van der Waals surface area contributed by atoms with E-state index in [4.69, 9.17) is 4.74 Å². The summed E-state index contributed by atoms with van der Waals surface area (Å²) in [5, 5.41) is 3.05. The molecule has 33 heavy (non-hydrogen) atoms. The lowest BCUT2D eigenvalue weighted by atomic mass is 10.2. The van der Waals surface area contributed by atoms with E-state index >= 15 is 0 Å². The van der Waals surface area contributed by atoms with Gasteiger partial charge < -0.3 is 24.8 Å². The van der Waals surface area contributed by atoms with Gasteiger partial charge in [0.25, 0.3) is 0 Å². The fourth-order valence-electron chi connectivity index (χ4n) is 3.82. The zero-order valence-corrected chi connectivity index (χ0v) is 17.5. The molecular weight excluding hydrogens is 430 g/mol. The van der Waals surface area contributed by atoms with E-state index in [9.17, 15) is 13.6 Å². The molecule has 1 aliphatic heterocycles. The number of ether oxygens (including phenoxy) is 1. The molecule has 1 fully saturated rings. The monoisotopic (exact) mass is 450 g/mol. The van der Waals surface area contributed by atoms with Crippen molar-refractivity contribution in [1.82, 2.24) is 19.9 Å². The number of hydrogen-bond donors (Lipinski definition) is 2. The van der Waals surface area contributed by atoms with Crippen LogP contribution in [0.4, 0.5) is 25.0 Å². The largest absolute Gasteiger partial charge is 0.454 e. The van der Waals surface area contributed by atoms with Gasteiger partial charge in [0.1, 0.15) is 23.7 Å². The van der Waals surface area contributed by atoms with Gasteiger partial charge in [-0.25, -0.2) is 23.5 Å². The van der Waals surface area contributed by atoms with E-state index in [2.05, 4.69) is 25.2 Å². The Balaban J connectivity index is 1.18. The molecule has 2 amide bonds. The number of urea groups is 1. The minimum Gasteiger partial charge on any atom is -0.454 e. The lowest BCUT2D eigenvalue weighted by Crippen LogP contribution is -2.50. The van der Waals surface area contributed by atoms with Crippen molar-refractivity contribution in [2.24, 2.45) is 0 Å². The zero-order valence-electron chi connectivity index (χ0n) is 17.5. The lowest BCUT2D eigenvalue weighted by Gasteiger charge is -2.36. The van der Waals surface area contributed by atoms with E-state index in [0.717, 1.165) is 11.8 Å². The molecule has 8 nitrogen and oxygen atoms in total. The smallest absolute Gasteiger partial charge is 0.322 e. The van der Waals surface area contributed by atoms with Gasteiger partial charge >= 0.3 is 6.03 Å². The van der Waals surface area contributed by atoms with E-state index in [0.29, 0.717) is 48.8 Å². The number of nitrogens with zero attached hydrogens (tertiary/aromatic N) is 4. The lowest BCUT2D eigenvalue weighted by molar-refractivity contribution is 0.208. The van der Waals surface area contributed by atoms with Gasteiger partial charge in [-0.1, -0.05) is 0 Å². The number of halogens is 2. The first-order chi connectivity index (χ1) is 16.1. The van der Waals surface area contributed by atoms with E-state index < -0.39 is 11.6 Å². The van der Waals surface area contributed by atoms with Crippen molar-refractivity contribution in [3.05, 3.63) is 73.0 Å². The molecule has 3 heterocycles. The van der Waals surface area contributed by atoms with E-state index in [1.54, 1.807) is 17.3 Å². The van der Waals surface area contributed by atoms with Gasteiger partial charge in [0.2, 0.25) is 0 Å². The van der Waals surface area contributed by atoms with E-state index in [1.165, 1.54) is 18.6 Å². The number of anilines is 2. The molecule has 1 aliphatic rings. The van der Waals surface area contributed by atoms with Crippen LogP contribution >= 0.6 is 0 Å². The summed E-state index contributed by atoms with van der Waals surface area (Å²) < 4.78 is 33.2. The standard InChI is InChI=1S/C23H20F2N6O2/c24-15-9-19-21(13-28-22(19)20(25)10-15)29-23(32)31-7-5-30(6-8-31)16-1-3-17(4-2-16)33-18-11-26-14-27-12-18/h1-4,9-14,28H,5-8H2,(H,29,32). The number of carbonyl (C=O) groups is 1. The molecule has 0 atom stereocenters. The fourth-order valence-corrected chi connectivity index (χ4v) is 3.82. The summed E-state index contributed by atoms with van der Waals surface area (Å²) in [6.45, 7) is 2.32. The molecule has 0 spiro atoms. The summed E-state index contributed by atoms with van der Waals surface area (Å²) in [6, 6.07) is 9.36. The Morgan fingerprint density at radius 3 is 2.45 bits per heavy atom. The van der Waals surface area contributed by atoms with Gasteiger partial charge in [0.15, 0.2) is 5.75 Å². The highest BCUT2D eigenvalue weighted by Gasteiger charge is 2.22. The van der Waals surface area contributed by atoms with Crippen molar-refractivity contribution in [1.29, 1.82) is 0 Å². The highest BCUT2D eigenvalue weighted by Crippen LogP contribution is 2.27. The number of benzene rings is 2.